The van der Waals surface area contributed by atoms with Crippen LogP contribution in [0.4, 0.5) is 15.8 Å². The summed E-state index contributed by atoms with van der Waals surface area (Å²) in [5.74, 6) is 0.374. The van der Waals surface area contributed by atoms with Crippen molar-refractivity contribution in [1.82, 2.24) is 20.3 Å². The molecule has 0 amide bonds. The van der Waals surface area contributed by atoms with Crippen LogP contribution in [0.15, 0.2) is 98.3 Å². The van der Waals surface area contributed by atoms with Gasteiger partial charge in [-0.1, -0.05) is 25.8 Å². The van der Waals surface area contributed by atoms with Gasteiger partial charge in [0.05, 0.1) is 29.0 Å². The first-order valence-corrected chi connectivity index (χ1v) is 14.2. The lowest BCUT2D eigenvalue weighted by Crippen LogP contribution is -2.28. The Morgan fingerprint density at radius 1 is 0.952 bits per heavy atom. The van der Waals surface area contributed by atoms with Crippen molar-refractivity contribution in [2.24, 2.45) is 5.92 Å². The highest BCUT2D eigenvalue weighted by Gasteiger charge is 2.16. The molecule has 0 spiro atoms. The van der Waals surface area contributed by atoms with E-state index in [1.807, 2.05) is 44.4 Å². The Kier molecular flexibility index (Phi) is 8.88. The maximum absolute atomic E-state index is 13.5. The molecule has 5 rings (SSSR count). The predicted molar refractivity (Wildman–Crippen MR) is 171 cm³/mol. The lowest BCUT2D eigenvalue weighted by Gasteiger charge is -2.23. The first-order chi connectivity index (χ1) is 20.3. The maximum Gasteiger partial charge on any atom is 0.123 e. The summed E-state index contributed by atoms with van der Waals surface area (Å²) in [7, 11) is 0. The zero-order valence-corrected chi connectivity index (χ0v) is 24.3. The Morgan fingerprint density at radius 2 is 1.71 bits per heavy atom. The molecule has 1 fully saturated rings. The number of hydrogen-bond acceptors (Lipinski definition) is 6. The smallest absolute Gasteiger partial charge is 0.123 e. The van der Waals surface area contributed by atoms with Crippen LogP contribution in [0, 0.1) is 25.6 Å². The van der Waals surface area contributed by atoms with Crippen molar-refractivity contribution in [3.05, 3.63) is 121 Å². The number of hydrogen-bond donors (Lipinski definition) is 3. The van der Waals surface area contributed by atoms with Crippen molar-refractivity contribution < 1.29 is 4.39 Å². The quantitative estimate of drug-likeness (QED) is 0.171. The molecule has 3 aromatic heterocycles. The summed E-state index contributed by atoms with van der Waals surface area (Å²) < 4.78 is 13.5. The number of piperidine rings is 1. The average Bonchev–Trinajstić information content (AvgIpc) is 2.99. The molecular formula is C35H37FN6. The molecule has 214 valence electrons. The molecule has 0 radical (unpaired) electrons. The van der Waals surface area contributed by atoms with Crippen molar-refractivity contribution in [2.75, 3.05) is 23.7 Å². The number of rotatable bonds is 10. The second kappa shape index (κ2) is 12.9. The molecule has 0 bridgehead atoms. The summed E-state index contributed by atoms with van der Waals surface area (Å²) in [6.45, 7) is 19.0. The fourth-order valence-corrected chi connectivity index (χ4v) is 5.28. The van der Waals surface area contributed by atoms with Gasteiger partial charge >= 0.3 is 0 Å². The van der Waals surface area contributed by atoms with Gasteiger partial charge in [-0.2, -0.15) is 0 Å². The van der Waals surface area contributed by atoms with Gasteiger partial charge in [-0.3, -0.25) is 9.97 Å². The standard InChI is InChI=1S/C35H37FN6/c1-22-6-11-33(29-19-31(21-38-20-29)40-23(2)18-27-12-15-37-16-13-27)42-34(22)24(3)26(5)41-32-14-17-39-35(25(32)4)28-7-9-30(36)10-8-28/h6-11,14,17,19-21,27,37,40H,2-3,5,12-13,15-16,18H2,1,4H3,(H,39,41). The highest BCUT2D eigenvalue weighted by Crippen LogP contribution is 2.31. The third-order valence-corrected chi connectivity index (χ3v) is 7.70. The van der Waals surface area contributed by atoms with Gasteiger partial charge in [0, 0.05) is 46.2 Å². The van der Waals surface area contributed by atoms with Gasteiger partial charge in [0.2, 0.25) is 0 Å². The van der Waals surface area contributed by atoms with E-state index in [0.717, 1.165) is 75.9 Å². The Balaban J connectivity index is 1.31. The van der Waals surface area contributed by atoms with Crippen molar-refractivity contribution in [1.29, 1.82) is 0 Å². The normalized spacial score (nSPS) is 13.4. The van der Waals surface area contributed by atoms with Crippen LogP contribution in [0.1, 0.15) is 36.1 Å². The van der Waals surface area contributed by atoms with Crippen LogP contribution in [0.25, 0.3) is 28.1 Å². The van der Waals surface area contributed by atoms with E-state index in [4.69, 9.17) is 4.98 Å². The second-order valence-electron chi connectivity index (χ2n) is 10.9. The minimum atomic E-state index is -0.280. The minimum Gasteiger partial charge on any atom is -0.358 e. The Bertz CT molecular complexity index is 1620. The Morgan fingerprint density at radius 3 is 2.48 bits per heavy atom. The molecule has 7 heteroatoms. The van der Waals surface area contributed by atoms with Crippen LogP contribution < -0.4 is 16.0 Å². The van der Waals surface area contributed by atoms with Gasteiger partial charge in [0.25, 0.3) is 0 Å². The second-order valence-corrected chi connectivity index (χ2v) is 10.9. The number of allylic oxidation sites excluding steroid dienone is 2. The van der Waals surface area contributed by atoms with E-state index in [9.17, 15) is 4.39 Å². The van der Waals surface area contributed by atoms with E-state index in [0.29, 0.717) is 17.2 Å². The number of anilines is 2. The van der Waals surface area contributed by atoms with Crippen LogP contribution in [-0.2, 0) is 0 Å². The number of nitrogens with one attached hydrogen (secondary N) is 3. The zero-order chi connectivity index (χ0) is 29.6. The first-order valence-electron chi connectivity index (χ1n) is 14.2. The molecule has 4 aromatic rings. The molecule has 4 heterocycles. The highest BCUT2D eigenvalue weighted by atomic mass is 19.1. The first kappa shape index (κ1) is 28.9. The average molecular weight is 561 g/mol. The van der Waals surface area contributed by atoms with Gasteiger partial charge in [-0.15, -0.1) is 0 Å². The maximum atomic E-state index is 13.5. The molecule has 3 N–H and O–H groups in total. The fraction of sp³-hybridized carbons (Fsp3) is 0.229. The van der Waals surface area contributed by atoms with Gasteiger partial charge < -0.3 is 16.0 Å². The summed E-state index contributed by atoms with van der Waals surface area (Å²) in [6, 6.07) is 14.3. The SMILES string of the molecule is C=C(CC1CCNCC1)Nc1cncc(-c2ccc(C)c(C(=C)C(=C)Nc3ccnc(-c4ccc(F)cc4)c3C)n2)c1. The molecule has 0 unspecified atom stereocenters. The van der Waals surface area contributed by atoms with E-state index in [2.05, 4.69) is 51.7 Å². The van der Waals surface area contributed by atoms with Gasteiger partial charge in [0.1, 0.15) is 5.82 Å². The van der Waals surface area contributed by atoms with Crippen LogP contribution in [0.2, 0.25) is 0 Å². The van der Waals surface area contributed by atoms with Crippen molar-refractivity contribution >= 4 is 16.9 Å². The third kappa shape index (κ3) is 6.81. The van der Waals surface area contributed by atoms with Gasteiger partial charge in [-0.05, 0) is 106 Å². The Hall–Kier alpha value is -4.62. The summed E-state index contributed by atoms with van der Waals surface area (Å²) in [6.07, 6.45) is 8.66. The number of benzene rings is 1. The summed E-state index contributed by atoms with van der Waals surface area (Å²) in [5.41, 5.74) is 10.0. The zero-order valence-electron chi connectivity index (χ0n) is 24.3. The largest absolute Gasteiger partial charge is 0.358 e. The molecule has 0 aliphatic carbocycles. The van der Waals surface area contributed by atoms with Crippen LogP contribution in [0.3, 0.4) is 0 Å². The van der Waals surface area contributed by atoms with Crippen molar-refractivity contribution in [2.45, 2.75) is 33.1 Å². The summed E-state index contributed by atoms with van der Waals surface area (Å²) in [5, 5.41) is 10.3. The third-order valence-electron chi connectivity index (χ3n) is 7.70. The van der Waals surface area contributed by atoms with Gasteiger partial charge in [0.15, 0.2) is 0 Å². The lowest BCUT2D eigenvalue weighted by molar-refractivity contribution is 0.373. The minimum absolute atomic E-state index is 0.280. The Labute approximate surface area is 247 Å². The molecule has 1 aliphatic heterocycles. The van der Waals surface area contributed by atoms with E-state index in [1.165, 1.54) is 25.0 Å². The highest BCUT2D eigenvalue weighted by molar-refractivity contribution is 5.82. The predicted octanol–water partition coefficient (Wildman–Crippen LogP) is 7.92. The number of halogens is 1. The number of aromatic nitrogens is 3. The molecule has 1 aliphatic rings. The number of aryl methyl sites for hydroxylation is 1. The van der Waals surface area contributed by atoms with Crippen molar-refractivity contribution in [3.8, 4) is 22.5 Å². The topological polar surface area (TPSA) is 74.8 Å². The lowest BCUT2D eigenvalue weighted by atomic mass is 9.93. The van der Waals surface area contributed by atoms with E-state index in [-0.39, 0.29) is 5.82 Å². The summed E-state index contributed by atoms with van der Waals surface area (Å²) >= 11 is 0. The molecule has 0 saturated carbocycles. The van der Waals surface area contributed by atoms with Gasteiger partial charge in [-0.25, -0.2) is 9.37 Å². The monoisotopic (exact) mass is 560 g/mol. The fourth-order valence-electron chi connectivity index (χ4n) is 5.28. The van der Waals surface area contributed by atoms with E-state index in [1.54, 1.807) is 18.3 Å². The van der Waals surface area contributed by atoms with E-state index >= 15 is 0 Å². The van der Waals surface area contributed by atoms with Crippen LogP contribution in [-0.4, -0.2) is 28.0 Å². The molecule has 0 atom stereocenters. The van der Waals surface area contributed by atoms with Crippen LogP contribution in [0.5, 0.6) is 0 Å². The number of nitrogens with zero attached hydrogens (tertiary/aromatic N) is 3. The molecule has 6 nitrogen and oxygen atoms in total. The summed E-state index contributed by atoms with van der Waals surface area (Å²) in [4.78, 5) is 13.9. The van der Waals surface area contributed by atoms with Crippen LogP contribution >= 0.6 is 0 Å². The molecule has 1 saturated heterocycles. The van der Waals surface area contributed by atoms with Crippen molar-refractivity contribution in [3.63, 3.8) is 0 Å². The molecule has 42 heavy (non-hydrogen) atoms. The number of pyridine rings is 3. The molecule has 1 aromatic carbocycles. The molecular weight excluding hydrogens is 523 g/mol. The van der Waals surface area contributed by atoms with E-state index < -0.39 is 0 Å².